The fraction of sp³-hybridized carbons (Fsp3) is 0.667. The van der Waals surface area contributed by atoms with E-state index in [9.17, 15) is 0 Å². The van der Waals surface area contributed by atoms with Gasteiger partial charge in [-0.2, -0.15) is 0 Å². The maximum Gasteiger partial charge on any atom is 0.0409 e. The largest absolute Gasteiger partial charge is 0.321 e. The fourth-order valence-electron chi connectivity index (χ4n) is 3.48. The maximum atomic E-state index is 6.72. The van der Waals surface area contributed by atoms with Crippen LogP contribution in [-0.2, 0) is 5.54 Å². The van der Waals surface area contributed by atoms with Crippen LogP contribution in [-0.4, -0.2) is 0 Å². The summed E-state index contributed by atoms with van der Waals surface area (Å²) < 4.78 is 0. The van der Waals surface area contributed by atoms with Crippen molar-refractivity contribution in [3.05, 3.63) is 34.9 Å². The number of nitrogens with two attached hydrogens (primary N) is 1. The molecule has 1 aromatic rings. The summed E-state index contributed by atoms with van der Waals surface area (Å²) in [6.45, 7) is 8.90. The Morgan fingerprint density at radius 1 is 1.11 bits per heavy atom. The summed E-state index contributed by atoms with van der Waals surface area (Å²) in [6, 6.07) is 6.74. The molecule has 106 valence electrons. The molecular weight excluding hydrogens is 230 g/mol. The molecule has 1 fully saturated rings. The van der Waals surface area contributed by atoms with Gasteiger partial charge in [0.15, 0.2) is 0 Å². The van der Waals surface area contributed by atoms with E-state index in [1.807, 2.05) is 0 Å². The lowest BCUT2D eigenvalue weighted by atomic mass is 9.69. The molecule has 1 unspecified atom stereocenters. The molecule has 2 rings (SSSR count). The van der Waals surface area contributed by atoms with E-state index in [0.717, 1.165) is 5.92 Å². The maximum absolute atomic E-state index is 6.72. The lowest BCUT2D eigenvalue weighted by molar-refractivity contribution is 0.183. The number of hydrogen-bond acceptors (Lipinski definition) is 1. The topological polar surface area (TPSA) is 26.0 Å². The predicted octanol–water partition coefficient (Wildman–Crippen LogP) is 4.69. The van der Waals surface area contributed by atoms with Gasteiger partial charge < -0.3 is 5.73 Å². The summed E-state index contributed by atoms with van der Waals surface area (Å²) in [5.41, 5.74) is 10.6. The van der Waals surface area contributed by atoms with Crippen molar-refractivity contribution < 1.29 is 0 Å². The molecule has 1 heteroatoms. The fourth-order valence-corrected chi connectivity index (χ4v) is 3.48. The van der Waals surface area contributed by atoms with Gasteiger partial charge in [0.05, 0.1) is 0 Å². The van der Waals surface area contributed by atoms with Crippen LogP contribution in [0, 0.1) is 25.7 Å². The molecule has 0 saturated heterocycles. The first-order valence-electron chi connectivity index (χ1n) is 7.81. The first-order chi connectivity index (χ1) is 8.95. The smallest absolute Gasteiger partial charge is 0.0409 e. The van der Waals surface area contributed by atoms with Crippen molar-refractivity contribution in [2.45, 2.75) is 65.3 Å². The van der Waals surface area contributed by atoms with E-state index in [4.69, 9.17) is 5.73 Å². The summed E-state index contributed by atoms with van der Waals surface area (Å²) in [6.07, 6.45) is 6.63. The number of hydrogen-bond donors (Lipinski definition) is 1. The molecule has 0 heterocycles. The summed E-state index contributed by atoms with van der Waals surface area (Å²) in [4.78, 5) is 0. The third kappa shape index (κ3) is 3.02. The molecule has 1 aromatic carbocycles. The molecule has 1 atom stereocenters. The summed E-state index contributed by atoms with van der Waals surface area (Å²) >= 11 is 0. The lowest BCUT2D eigenvalue weighted by Gasteiger charge is -2.39. The Labute approximate surface area is 118 Å². The normalized spacial score (nSPS) is 27.0. The summed E-state index contributed by atoms with van der Waals surface area (Å²) in [5.74, 6) is 1.57. The van der Waals surface area contributed by atoms with E-state index in [-0.39, 0.29) is 5.54 Å². The molecule has 1 nitrogen and oxygen atoms in total. The van der Waals surface area contributed by atoms with Crippen molar-refractivity contribution >= 4 is 0 Å². The summed E-state index contributed by atoms with van der Waals surface area (Å²) in [5, 5.41) is 0. The first kappa shape index (κ1) is 14.6. The Morgan fingerprint density at radius 3 is 2.26 bits per heavy atom. The molecule has 19 heavy (non-hydrogen) atoms. The van der Waals surface area contributed by atoms with Gasteiger partial charge >= 0.3 is 0 Å². The lowest BCUT2D eigenvalue weighted by Crippen LogP contribution is -2.43. The molecule has 0 bridgehead atoms. The van der Waals surface area contributed by atoms with Crippen LogP contribution in [0.3, 0.4) is 0 Å². The van der Waals surface area contributed by atoms with E-state index in [1.54, 1.807) is 0 Å². The van der Waals surface area contributed by atoms with Gasteiger partial charge in [0.25, 0.3) is 0 Å². The third-order valence-corrected chi connectivity index (χ3v) is 5.40. The van der Waals surface area contributed by atoms with Gasteiger partial charge in [0, 0.05) is 5.54 Å². The van der Waals surface area contributed by atoms with Gasteiger partial charge in [-0.3, -0.25) is 0 Å². The minimum Gasteiger partial charge on any atom is -0.321 e. The second kappa shape index (κ2) is 5.66. The molecule has 0 radical (unpaired) electrons. The van der Waals surface area contributed by atoms with Crippen LogP contribution >= 0.6 is 0 Å². The number of benzene rings is 1. The Balaban J connectivity index is 2.15. The highest BCUT2D eigenvalue weighted by Crippen LogP contribution is 2.40. The van der Waals surface area contributed by atoms with Gasteiger partial charge in [-0.05, 0) is 62.1 Å². The Bertz CT molecular complexity index is 425. The van der Waals surface area contributed by atoms with Crippen molar-refractivity contribution in [1.29, 1.82) is 0 Å². The highest BCUT2D eigenvalue weighted by Gasteiger charge is 2.34. The van der Waals surface area contributed by atoms with Crippen LogP contribution in [0.2, 0.25) is 0 Å². The number of rotatable bonds is 3. The standard InChI is InChI=1S/C18H29N/c1-5-15-7-10-16(11-8-15)18(4,19)17-9-6-13(2)14(3)12-17/h6,9,12,15-16H,5,7-8,10-11,19H2,1-4H3. The van der Waals surface area contributed by atoms with Crippen LogP contribution in [0.15, 0.2) is 18.2 Å². The zero-order valence-corrected chi connectivity index (χ0v) is 13.0. The molecular formula is C18H29N. The highest BCUT2D eigenvalue weighted by atomic mass is 14.7. The van der Waals surface area contributed by atoms with Crippen molar-refractivity contribution in [2.24, 2.45) is 17.6 Å². The quantitative estimate of drug-likeness (QED) is 0.837. The Kier molecular flexibility index (Phi) is 4.35. The monoisotopic (exact) mass is 259 g/mol. The zero-order valence-electron chi connectivity index (χ0n) is 13.0. The van der Waals surface area contributed by atoms with Crippen LogP contribution in [0.4, 0.5) is 0 Å². The molecule has 1 aliphatic carbocycles. The van der Waals surface area contributed by atoms with E-state index in [1.165, 1.54) is 48.8 Å². The second-order valence-corrected chi connectivity index (χ2v) is 6.71. The van der Waals surface area contributed by atoms with E-state index in [0.29, 0.717) is 5.92 Å². The van der Waals surface area contributed by atoms with Crippen molar-refractivity contribution in [3.8, 4) is 0 Å². The molecule has 1 aliphatic rings. The average molecular weight is 259 g/mol. The highest BCUT2D eigenvalue weighted by molar-refractivity contribution is 5.34. The third-order valence-electron chi connectivity index (χ3n) is 5.40. The van der Waals surface area contributed by atoms with Crippen molar-refractivity contribution in [1.82, 2.24) is 0 Å². The zero-order chi connectivity index (χ0) is 14.0. The first-order valence-corrected chi connectivity index (χ1v) is 7.81. The van der Waals surface area contributed by atoms with Crippen LogP contribution in [0.25, 0.3) is 0 Å². The van der Waals surface area contributed by atoms with Crippen molar-refractivity contribution in [3.63, 3.8) is 0 Å². The van der Waals surface area contributed by atoms with Gasteiger partial charge in [-0.15, -0.1) is 0 Å². The molecule has 0 spiro atoms. The average Bonchev–Trinajstić information content (AvgIpc) is 2.41. The van der Waals surface area contributed by atoms with Gasteiger partial charge in [-0.25, -0.2) is 0 Å². The molecule has 0 aliphatic heterocycles. The van der Waals surface area contributed by atoms with Gasteiger partial charge in [0.2, 0.25) is 0 Å². The van der Waals surface area contributed by atoms with E-state index >= 15 is 0 Å². The van der Waals surface area contributed by atoms with Crippen LogP contribution in [0.1, 0.15) is 62.6 Å². The van der Waals surface area contributed by atoms with E-state index < -0.39 is 0 Å². The predicted molar refractivity (Wildman–Crippen MR) is 83.2 cm³/mol. The minimum atomic E-state index is -0.169. The molecule has 0 amide bonds. The van der Waals surface area contributed by atoms with Gasteiger partial charge in [-0.1, -0.05) is 44.4 Å². The van der Waals surface area contributed by atoms with Crippen LogP contribution in [0.5, 0.6) is 0 Å². The summed E-state index contributed by atoms with van der Waals surface area (Å²) in [7, 11) is 0. The SMILES string of the molecule is CCC1CCC(C(C)(N)c2ccc(C)c(C)c2)CC1. The molecule has 1 saturated carbocycles. The molecule has 0 aromatic heterocycles. The number of aryl methyl sites for hydroxylation is 2. The Morgan fingerprint density at radius 2 is 1.74 bits per heavy atom. The van der Waals surface area contributed by atoms with Crippen molar-refractivity contribution in [2.75, 3.05) is 0 Å². The van der Waals surface area contributed by atoms with Gasteiger partial charge in [0.1, 0.15) is 0 Å². The minimum absolute atomic E-state index is 0.169. The van der Waals surface area contributed by atoms with Crippen LogP contribution < -0.4 is 5.73 Å². The second-order valence-electron chi connectivity index (χ2n) is 6.71. The molecule has 2 N–H and O–H groups in total. The Hall–Kier alpha value is -0.820. The van der Waals surface area contributed by atoms with E-state index in [2.05, 4.69) is 45.9 Å².